The quantitative estimate of drug-likeness (QED) is 0.218. The van der Waals surface area contributed by atoms with Gasteiger partial charge < -0.3 is 30.5 Å². The molecule has 1 saturated heterocycles. The Labute approximate surface area is 118 Å². The third kappa shape index (κ3) is 3.75. The summed E-state index contributed by atoms with van der Waals surface area (Å²) in [6, 6.07) is -0.995. The van der Waals surface area contributed by atoms with Crippen LogP contribution >= 0.6 is 11.6 Å². The molecule has 0 bridgehead atoms. The first-order valence-corrected chi connectivity index (χ1v) is 6.27. The van der Waals surface area contributed by atoms with Gasteiger partial charge in [0.05, 0.1) is 18.4 Å². The Morgan fingerprint density at radius 2 is 1.95 bits per heavy atom. The molecule has 1 aliphatic rings. The van der Waals surface area contributed by atoms with Gasteiger partial charge in [0.25, 0.3) is 0 Å². The second-order valence-corrected chi connectivity index (χ2v) is 4.47. The maximum atomic E-state index is 11.6. The monoisotopic (exact) mass is 313 g/mol. The Morgan fingerprint density at radius 3 is 2.45 bits per heavy atom. The zero-order valence-electron chi connectivity index (χ0n) is 10.3. The smallest absolute Gasteiger partial charge is 0.342 e. The van der Waals surface area contributed by atoms with Crippen molar-refractivity contribution in [3.63, 3.8) is 0 Å². The van der Waals surface area contributed by atoms with E-state index in [9.17, 15) is 25.0 Å². The van der Waals surface area contributed by atoms with Crippen LogP contribution in [0.15, 0.2) is 5.29 Å². The summed E-state index contributed by atoms with van der Waals surface area (Å²) >= 11 is 5.37. The number of ether oxygens (including phenoxy) is 1. The van der Waals surface area contributed by atoms with Crippen LogP contribution in [0.3, 0.4) is 0 Å². The molecule has 0 radical (unpaired) electrons. The molecule has 0 spiro atoms. The fourth-order valence-corrected chi connectivity index (χ4v) is 1.84. The molecule has 0 aromatic heterocycles. The van der Waals surface area contributed by atoms with Crippen LogP contribution in [-0.4, -0.2) is 81.1 Å². The fourth-order valence-electron chi connectivity index (χ4n) is 1.68. The lowest BCUT2D eigenvalue weighted by Gasteiger charge is -2.40. The topological polar surface area (TPSA) is 152 Å². The second-order valence-electron chi connectivity index (χ2n) is 4.09. The van der Waals surface area contributed by atoms with E-state index >= 15 is 0 Å². The first kappa shape index (κ1) is 17.0. The number of aliphatic hydroxyl groups is 4. The number of hydrogen-bond acceptors (Lipinski definition) is 8. The number of aliphatic hydroxyl groups excluding tert-OH is 4. The summed E-state index contributed by atoms with van der Waals surface area (Å²) in [4.78, 5) is 22.0. The van der Waals surface area contributed by atoms with E-state index in [1.165, 1.54) is 0 Å². The number of nitrogens with zero attached hydrogens (tertiary/aromatic N) is 2. The predicted molar refractivity (Wildman–Crippen MR) is 65.5 cm³/mol. The average Bonchev–Trinajstić information content (AvgIpc) is 2.45. The van der Waals surface area contributed by atoms with Gasteiger partial charge in [0.15, 0.2) is 6.23 Å². The minimum atomic E-state index is -1.64. The highest BCUT2D eigenvalue weighted by Crippen LogP contribution is 2.19. The summed E-state index contributed by atoms with van der Waals surface area (Å²) in [5.41, 5.74) is 0. The average molecular weight is 314 g/mol. The third-order valence-electron chi connectivity index (χ3n) is 2.79. The van der Waals surface area contributed by atoms with Gasteiger partial charge in [-0.05, 0) is 0 Å². The Morgan fingerprint density at radius 1 is 1.30 bits per heavy atom. The molecular weight excluding hydrogens is 298 g/mol. The molecule has 10 nitrogen and oxygen atoms in total. The molecule has 1 rings (SSSR count). The van der Waals surface area contributed by atoms with Crippen LogP contribution in [0.4, 0.5) is 4.79 Å². The number of alkyl halides is 1. The first-order chi connectivity index (χ1) is 9.46. The van der Waals surface area contributed by atoms with E-state index in [4.69, 9.17) is 21.4 Å². The van der Waals surface area contributed by atoms with E-state index in [-0.39, 0.29) is 12.4 Å². The van der Waals surface area contributed by atoms with Crippen LogP contribution in [0.25, 0.3) is 0 Å². The van der Waals surface area contributed by atoms with Gasteiger partial charge in [-0.3, -0.25) is 0 Å². The number of urea groups is 1. The molecule has 1 heterocycles. The molecular formula is C9H16ClN3O7. The van der Waals surface area contributed by atoms with E-state index in [1.54, 1.807) is 0 Å². The highest BCUT2D eigenvalue weighted by Gasteiger charge is 2.44. The minimum absolute atomic E-state index is 0.0339. The molecule has 0 unspecified atom stereocenters. The lowest BCUT2D eigenvalue weighted by Crippen LogP contribution is -2.64. The number of nitroso groups, excluding NO2 is 1. The van der Waals surface area contributed by atoms with Gasteiger partial charge >= 0.3 is 6.03 Å². The summed E-state index contributed by atoms with van der Waals surface area (Å²) in [5, 5.41) is 42.7. The van der Waals surface area contributed by atoms with Crippen molar-refractivity contribution >= 4 is 17.6 Å². The molecule has 0 saturated carbocycles. The minimum Gasteiger partial charge on any atom is -0.394 e. The Balaban J connectivity index is 2.70. The lowest BCUT2D eigenvalue weighted by molar-refractivity contribution is -0.233. The Bertz CT molecular complexity index is 346. The lowest BCUT2D eigenvalue weighted by atomic mass is 9.98. The molecule has 1 fully saturated rings. The van der Waals surface area contributed by atoms with Crippen molar-refractivity contribution in [3.8, 4) is 0 Å². The Hall–Kier alpha value is -1.04. The molecule has 5 N–H and O–H groups in total. The van der Waals surface area contributed by atoms with Crippen LogP contribution in [0, 0.1) is 4.91 Å². The van der Waals surface area contributed by atoms with Gasteiger partial charge in [-0.25, -0.2) is 4.79 Å². The van der Waals surface area contributed by atoms with Crippen molar-refractivity contribution in [1.82, 2.24) is 10.3 Å². The molecule has 11 heteroatoms. The van der Waals surface area contributed by atoms with E-state index < -0.39 is 43.3 Å². The van der Waals surface area contributed by atoms with Crippen molar-refractivity contribution in [2.45, 2.75) is 30.6 Å². The number of carbonyl (C=O) groups is 1. The van der Waals surface area contributed by atoms with Crippen LogP contribution in [0.5, 0.6) is 0 Å². The number of amides is 2. The van der Waals surface area contributed by atoms with Gasteiger partial charge in [-0.1, -0.05) is 0 Å². The number of nitrogens with one attached hydrogen (secondary N) is 1. The molecule has 116 valence electrons. The molecule has 5 atom stereocenters. The van der Waals surface area contributed by atoms with E-state index in [0.717, 1.165) is 0 Å². The van der Waals surface area contributed by atoms with Gasteiger partial charge in [0, 0.05) is 5.88 Å². The summed E-state index contributed by atoms with van der Waals surface area (Å²) < 4.78 is 5.03. The SMILES string of the molecule is O=NN(CCCl)C(=O)N[C@@H]1O[C@H](CO)[C@@H](O)[C@H](O)[C@@H]1O. The van der Waals surface area contributed by atoms with Crippen molar-refractivity contribution in [2.75, 3.05) is 19.0 Å². The summed E-state index contributed by atoms with van der Waals surface area (Å²) in [7, 11) is 0. The third-order valence-corrected chi connectivity index (χ3v) is 2.96. The van der Waals surface area contributed by atoms with Crippen molar-refractivity contribution in [3.05, 3.63) is 4.91 Å². The molecule has 0 aromatic carbocycles. The van der Waals surface area contributed by atoms with Crippen molar-refractivity contribution in [1.29, 1.82) is 0 Å². The second kappa shape index (κ2) is 7.67. The zero-order chi connectivity index (χ0) is 15.3. The largest absolute Gasteiger partial charge is 0.394 e. The molecule has 2 amide bonds. The predicted octanol–water partition coefficient (Wildman–Crippen LogP) is -2.28. The number of hydrogen-bond donors (Lipinski definition) is 5. The maximum Gasteiger partial charge on any atom is 0.342 e. The molecule has 1 aliphatic heterocycles. The molecule has 20 heavy (non-hydrogen) atoms. The van der Waals surface area contributed by atoms with Crippen LogP contribution in [-0.2, 0) is 4.74 Å². The van der Waals surface area contributed by atoms with E-state index in [2.05, 4.69) is 10.6 Å². The van der Waals surface area contributed by atoms with Crippen molar-refractivity contribution < 1.29 is 30.0 Å². The number of carbonyl (C=O) groups excluding carboxylic acids is 1. The van der Waals surface area contributed by atoms with Crippen LogP contribution < -0.4 is 5.32 Å². The highest BCUT2D eigenvalue weighted by molar-refractivity contribution is 6.18. The van der Waals surface area contributed by atoms with Gasteiger partial charge in [0.1, 0.15) is 24.4 Å². The van der Waals surface area contributed by atoms with Gasteiger partial charge in [-0.15, -0.1) is 16.5 Å². The normalized spacial score (nSPS) is 33.5. The zero-order valence-corrected chi connectivity index (χ0v) is 11.0. The summed E-state index contributed by atoms with van der Waals surface area (Å²) in [6.45, 7) is -0.789. The van der Waals surface area contributed by atoms with Gasteiger partial charge in [0.2, 0.25) is 0 Å². The Kier molecular flexibility index (Phi) is 6.52. The summed E-state index contributed by atoms with van der Waals surface area (Å²) in [5.74, 6) is -0.0339. The van der Waals surface area contributed by atoms with Gasteiger partial charge in [-0.2, -0.15) is 5.01 Å². The summed E-state index contributed by atoms with van der Waals surface area (Å²) in [6.07, 6.45) is -7.38. The fraction of sp³-hybridized carbons (Fsp3) is 0.889. The first-order valence-electron chi connectivity index (χ1n) is 5.74. The van der Waals surface area contributed by atoms with E-state index in [1.807, 2.05) is 0 Å². The molecule has 0 aliphatic carbocycles. The highest BCUT2D eigenvalue weighted by atomic mass is 35.5. The number of halogens is 1. The van der Waals surface area contributed by atoms with E-state index in [0.29, 0.717) is 5.01 Å². The molecule has 0 aromatic rings. The van der Waals surface area contributed by atoms with Crippen LogP contribution in [0.2, 0.25) is 0 Å². The number of rotatable bonds is 5. The van der Waals surface area contributed by atoms with Crippen molar-refractivity contribution in [2.24, 2.45) is 5.29 Å². The van der Waals surface area contributed by atoms with Crippen LogP contribution in [0.1, 0.15) is 0 Å². The maximum absolute atomic E-state index is 11.6. The standard InChI is InChI=1S/C9H16ClN3O7/c10-1-2-13(12-19)9(18)11-8-7(17)6(16)5(15)4(3-14)20-8/h4-8,14-17H,1-3H2,(H,11,18)/t4-,5-,6+,7+,8-/m1/s1.